The third kappa shape index (κ3) is 3.19. The van der Waals surface area contributed by atoms with Crippen LogP contribution >= 0.6 is 11.6 Å². The Hall–Kier alpha value is -2.27. The van der Waals surface area contributed by atoms with Crippen molar-refractivity contribution in [2.75, 3.05) is 11.1 Å². The van der Waals surface area contributed by atoms with Crippen LogP contribution in [0.4, 0.5) is 15.8 Å². The minimum Gasteiger partial charge on any atom is -0.399 e. The monoisotopic (exact) mass is 293 g/mol. The molecular weight excluding hydrogens is 281 g/mol. The number of carbonyl (C=O) groups excluding carboxylic acids is 1. The normalized spacial score (nSPS) is 10.3. The fraction of sp³-hybridized carbons (Fsp3) is 0.0714. The number of benzene rings is 2. The van der Waals surface area contributed by atoms with Gasteiger partial charge >= 0.3 is 0 Å². The van der Waals surface area contributed by atoms with Crippen molar-refractivity contribution in [3.63, 3.8) is 0 Å². The van der Waals surface area contributed by atoms with Crippen molar-refractivity contribution >= 4 is 28.9 Å². The van der Waals surface area contributed by atoms with E-state index in [-0.39, 0.29) is 5.02 Å². The van der Waals surface area contributed by atoms with Gasteiger partial charge in [-0.1, -0.05) is 17.7 Å². The number of halogens is 2. The van der Waals surface area contributed by atoms with Gasteiger partial charge in [0.1, 0.15) is 5.82 Å². The van der Waals surface area contributed by atoms with Crippen LogP contribution in [0.25, 0.3) is 0 Å². The molecule has 5 N–H and O–H groups in total. The molecule has 0 aliphatic carbocycles. The molecule has 0 aliphatic rings. The van der Waals surface area contributed by atoms with E-state index in [2.05, 4.69) is 5.32 Å². The van der Waals surface area contributed by atoms with Crippen LogP contribution in [0.15, 0.2) is 36.4 Å². The second-order valence-corrected chi connectivity index (χ2v) is 4.68. The second kappa shape index (κ2) is 5.79. The van der Waals surface area contributed by atoms with Gasteiger partial charge in [0.15, 0.2) is 0 Å². The molecule has 0 aliphatic heterocycles. The van der Waals surface area contributed by atoms with Crippen molar-refractivity contribution in [2.45, 2.75) is 6.54 Å². The SMILES string of the molecule is NC(=O)c1cc(N)ccc1NCc1ccc(F)c(Cl)c1. The molecule has 0 saturated heterocycles. The van der Waals surface area contributed by atoms with Crippen LogP contribution in [0, 0.1) is 5.82 Å². The van der Waals surface area contributed by atoms with Crippen molar-refractivity contribution in [1.29, 1.82) is 0 Å². The van der Waals surface area contributed by atoms with E-state index in [1.165, 1.54) is 18.2 Å². The summed E-state index contributed by atoms with van der Waals surface area (Å²) in [6, 6.07) is 9.24. The van der Waals surface area contributed by atoms with Gasteiger partial charge in [-0.05, 0) is 35.9 Å². The average Bonchev–Trinajstić information content (AvgIpc) is 2.41. The Balaban J connectivity index is 2.18. The van der Waals surface area contributed by atoms with Gasteiger partial charge in [-0.15, -0.1) is 0 Å². The Morgan fingerprint density at radius 3 is 2.65 bits per heavy atom. The van der Waals surface area contributed by atoms with E-state index in [1.54, 1.807) is 18.2 Å². The number of hydrogen-bond donors (Lipinski definition) is 3. The summed E-state index contributed by atoms with van der Waals surface area (Å²) < 4.78 is 13.0. The molecule has 0 bridgehead atoms. The molecule has 20 heavy (non-hydrogen) atoms. The van der Waals surface area contributed by atoms with Crippen molar-refractivity contribution in [3.05, 3.63) is 58.4 Å². The highest BCUT2D eigenvalue weighted by atomic mass is 35.5. The number of anilines is 2. The summed E-state index contributed by atoms with van der Waals surface area (Å²) in [5, 5.41) is 3.10. The predicted octanol–water partition coefficient (Wildman–Crippen LogP) is 2.77. The largest absolute Gasteiger partial charge is 0.399 e. The highest BCUT2D eigenvalue weighted by Crippen LogP contribution is 2.21. The maximum absolute atomic E-state index is 13.0. The first-order chi connectivity index (χ1) is 9.47. The van der Waals surface area contributed by atoms with Crippen LogP contribution in [0.2, 0.25) is 5.02 Å². The maximum atomic E-state index is 13.0. The van der Waals surface area contributed by atoms with Crippen molar-refractivity contribution in [2.24, 2.45) is 5.73 Å². The van der Waals surface area contributed by atoms with Gasteiger partial charge in [-0.2, -0.15) is 0 Å². The zero-order valence-corrected chi connectivity index (χ0v) is 11.2. The van der Waals surface area contributed by atoms with Crippen LogP contribution in [0.3, 0.4) is 0 Å². The number of nitrogen functional groups attached to an aromatic ring is 1. The zero-order valence-electron chi connectivity index (χ0n) is 10.5. The first-order valence-electron chi connectivity index (χ1n) is 5.84. The smallest absolute Gasteiger partial charge is 0.250 e. The number of carbonyl (C=O) groups is 1. The van der Waals surface area contributed by atoms with E-state index in [0.717, 1.165) is 5.56 Å². The quantitative estimate of drug-likeness (QED) is 0.758. The first-order valence-corrected chi connectivity index (χ1v) is 6.22. The zero-order chi connectivity index (χ0) is 14.7. The Morgan fingerprint density at radius 1 is 1.25 bits per heavy atom. The topological polar surface area (TPSA) is 81.1 Å². The lowest BCUT2D eigenvalue weighted by Crippen LogP contribution is -2.15. The lowest BCUT2D eigenvalue weighted by molar-refractivity contribution is 0.100. The van der Waals surface area contributed by atoms with Gasteiger partial charge in [0.2, 0.25) is 0 Å². The number of hydrogen-bond acceptors (Lipinski definition) is 3. The van der Waals surface area contributed by atoms with Crippen LogP contribution in [-0.2, 0) is 6.54 Å². The average molecular weight is 294 g/mol. The lowest BCUT2D eigenvalue weighted by atomic mass is 10.1. The Labute approximate surface area is 120 Å². The molecular formula is C14H13ClFN3O. The molecule has 0 fully saturated rings. The van der Waals surface area contributed by atoms with E-state index >= 15 is 0 Å². The third-order valence-electron chi connectivity index (χ3n) is 2.78. The van der Waals surface area contributed by atoms with Crippen LogP contribution in [0.1, 0.15) is 15.9 Å². The van der Waals surface area contributed by atoms with Gasteiger partial charge < -0.3 is 16.8 Å². The second-order valence-electron chi connectivity index (χ2n) is 4.27. The van der Waals surface area contributed by atoms with Crippen LogP contribution in [-0.4, -0.2) is 5.91 Å². The van der Waals surface area contributed by atoms with Crippen LogP contribution < -0.4 is 16.8 Å². The number of primary amides is 1. The van der Waals surface area contributed by atoms with Gasteiger partial charge in [-0.3, -0.25) is 4.79 Å². The minimum absolute atomic E-state index is 0.0525. The Morgan fingerprint density at radius 2 is 2.00 bits per heavy atom. The van der Waals surface area contributed by atoms with E-state index < -0.39 is 11.7 Å². The van der Waals surface area contributed by atoms with E-state index in [4.69, 9.17) is 23.1 Å². The molecule has 0 unspecified atom stereocenters. The first kappa shape index (κ1) is 14.1. The molecule has 0 heterocycles. The van der Waals surface area contributed by atoms with E-state index in [0.29, 0.717) is 23.5 Å². The van der Waals surface area contributed by atoms with E-state index in [9.17, 15) is 9.18 Å². The minimum atomic E-state index is -0.572. The third-order valence-corrected chi connectivity index (χ3v) is 3.07. The number of amides is 1. The summed E-state index contributed by atoms with van der Waals surface area (Å²) >= 11 is 5.70. The molecule has 0 radical (unpaired) electrons. The highest BCUT2D eigenvalue weighted by Gasteiger charge is 2.09. The van der Waals surface area contributed by atoms with Crippen molar-refractivity contribution < 1.29 is 9.18 Å². The number of rotatable bonds is 4. The van der Waals surface area contributed by atoms with Crippen LogP contribution in [0.5, 0.6) is 0 Å². The molecule has 6 heteroatoms. The summed E-state index contributed by atoms with van der Waals surface area (Å²) in [4.78, 5) is 11.3. The predicted molar refractivity (Wildman–Crippen MR) is 78.1 cm³/mol. The summed E-state index contributed by atoms with van der Waals surface area (Å²) in [6.07, 6.45) is 0. The van der Waals surface area contributed by atoms with Gasteiger partial charge in [-0.25, -0.2) is 4.39 Å². The van der Waals surface area contributed by atoms with Crippen molar-refractivity contribution in [1.82, 2.24) is 0 Å². The summed E-state index contributed by atoms with van der Waals surface area (Å²) in [5.41, 5.74) is 13.0. The molecule has 104 valence electrons. The maximum Gasteiger partial charge on any atom is 0.250 e. The summed E-state index contributed by atoms with van der Waals surface area (Å²) in [6.45, 7) is 0.379. The molecule has 0 spiro atoms. The molecule has 1 amide bonds. The van der Waals surface area contributed by atoms with Gasteiger partial charge in [0, 0.05) is 17.9 Å². The standard InChI is InChI=1S/C14H13ClFN3O/c15-11-5-8(1-3-12(11)16)7-19-13-4-2-9(17)6-10(13)14(18)20/h1-6,19H,7,17H2,(H2,18,20). The number of nitrogens with one attached hydrogen (secondary N) is 1. The van der Waals surface area contributed by atoms with Gasteiger partial charge in [0.25, 0.3) is 5.91 Å². The Kier molecular flexibility index (Phi) is 4.10. The summed E-state index contributed by atoms with van der Waals surface area (Å²) in [5.74, 6) is -1.04. The highest BCUT2D eigenvalue weighted by molar-refractivity contribution is 6.30. The molecule has 0 aromatic heterocycles. The summed E-state index contributed by atoms with van der Waals surface area (Å²) in [7, 11) is 0. The fourth-order valence-electron chi connectivity index (χ4n) is 1.77. The fourth-order valence-corrected chi connectivity index (χ4v) is 1.97. The Bertz CT molecular complexity index is 661. The van der Waals surface area contributed by atoms with Crippen molar-refractivity contribution in [3.8, 4) is 0 Å². The number of nitrogens with two attached hydrogens (primary N) is 2. The molecule has 4 nitrogen and oxygen atoms in total. The molecule has 0 atom stereocenters. The van der Waals surface area contributed by atoms with E-state index in [1.807, 2.05) is 0 Å². The molecule has 2 rings (SSSR count). The van der Waals surface area contributed by atoms with Gasteiger partial charge in [0.05, 0.1) is 10.6 Å². The molecule has 0 saturated carbocycles. The molecule has 2 aromatic rings. The lowest BCUT2D eigenvalue weighted by Gasteiger charge is -2.11. The molecule has 2 aromatic carbocycles.